The second kappa shape index (κ2) is 6.54. The number of carbonyl (C=O) groups is 1. The highest BCUT2D eigenvalue weighted by Gasteiger charge is 2.27. The van der Waals surface area contributed by atoms with Gasteiger partial charge in [-0.3, -0.25) is 9.79 Å². The number of hydrogen-bond donors (Lipinski definition) is 1. The Morgan fingerprint density at radius 3 is 2.28 bits per heavy atom. The molecule has 3 aromatic rings. The number of carbonyl (C=O) groups excluding carboxylic acids is 1. The number of benzodiazepines with no additional fused rings is 1. The lowest BCUT2D eigenvalue weighted by atomic mass is 10.0. The Bertz CT molecular complexity index is 952. The first kappa shape index (κ1) is 15.6. The third kappa shape index (κ3) is 3.06. The summed E-state index contributed by atoms with van der Waals surface area (Å²) in [6.45, 7) is 0. The number of amides is 1. The predicted octanol–water partition coefficient (Wildman–Crippen LogP) is 4.87. The van der Waals surface area contributed by atoms with E-state index < -0.39 is 6.04 Å². The van der Waals surface area contributed by atoms with Crippen LogP contribution in [0.15, 0.2) is 83.9 Å². The Morgan fingerprint density at radius 2 is 1.56 bits per heavy atom. The Kier molecular flexibility index (Phi) is 4.08. The minimum Gasteiger partial charge on any atom is -0.323 e. The molecule has 4 rings (SSSR count). The number of benzene rings is 3. The number of nitrogens with one attached hydrogen (secondary N) is 1. The van der Waals surface area contributed by atoms with E-state index in [0.29, 0.717) is 5.02 Å². The molecule has 1 atom stereocenters. The van der Waals surface area contributed by atoms with Crippen LogP contribution in [0.5, 0.6) is 0 Å². The zero-order chi connectivity index (χ0) is 17.2. The number of anilines is 1. The highest BCUT2D eigenvalue weighted by molar-refractivity contribution is 6.32. The van der Waals surface area contributed by atoms with Gasteiger partial charge < -0.3 is 5.32 Å². The molecule has 0 aliphatic carbocycles. The van der Waals surface area contributed by atoms with E-state index in [0.717, 1.165) is 28.1 Å². The van der Waals surface area contributed by atoms with E-state index in [-0.39, 0.29) is 5.91 Å². The molecule has 3 nitrogen and oxygen atoms in total. The summed E-state index contributed by atoms with van der Waals surface area (Å²) in [5, 5.41) is 3.59. The predicted molar refractivity (Wildman–Crippen MR) is 101 cm³/mol. The van der Waals surface area contributed by atoms with Gasteiger partial charge in [0.15, 0.2) is 6.04 Å². The first-order chi connectivity index (χ1) is 12.2. The van der Waals surface area contributed by atoms with Gasteiger partial charge >= 0.3 is 0 Å². The molecule has 1 N–H and O–H groups in total. The maximum atomic E-state index is 12.8. The standard InChI is InChI=1S/C21H15ClN2O/c22-16-11-12-18-17(13-16)19(14-7-3-1-4-8-14)24-20(21(25)23-18)15-9-5-2-6-10-15/h1-13,20H,(H,23,25). The second-order valence-corrected chi connectivity index (χ2v) is 6.27. The van der Waals surface area contributed by atoms with Gasteiger partial charge in [0.25, 0.3) is 5.91 Å². The van der Waals surface area contributed by atoms with E-state index in [1.807, 2.05) is 72.8 Å². The van der Waals surface area contributed by atoms with Crippen LogP contribution in [0, 0.1) is 0 Å². The summed E-state index contributed by atoms with van der Waals surface area (Å²) >= 11 is 6.20. The zero-order valence-corrected chi connectivity index (χ0v) is 14.1. The molecule has 1 aliphatic heterocycles. The van der Waals surface area contributed by atoms with Gasteiger partial charge in [-0.15, -0.1) is 0 Å². The van der Waals surface area contributed by atoms with Crippen molar-refractivity contribution in [2.24, 2.45) is 4.99 Å². The van der Waals surface area contributed by atoms with E-state index in [2.05, 4.69) is 5.32 Å². The quantitative estimate of drug-likeness (QED) is 0.706. The maximum absolute atomic E-state index is 12.8. The third-order valence-electron chi connectivity index (χ3n) is 4.16. The molecule has 122 valence electrons. The van der Waals surface area contributed by atoms with Gasteiger partial charge in [0.1, 0.15) is 0 Å². The lowest BCUT2D eigenvalue weighted by Crippen LogP contribution is -2.18. The molecule has 1 unspecified atom stereocenters. The minimum absolute atomic E-state index is 0.152. The number of fused-ring (bicyclic) bond motifs is 1. The SMILES string of the molecule is O=C1Nc2ccc(Cl)cc2C(c2ccccc2)=NC1c1ccccc1. The van der Waals surface area contributed by atoms with E-state index in [9.17, 15) is 4.79 Å². The molecule has 0 fully saturated rings. The lowest BCUT2D eigenvalue weighted by molar-refractivity contribution is -0.117. The molecule has 1 aliphatic rings. The average molecular weight is 347 g/mol. The van der Waals surface area contributed by atoms with E-state index in [1.165, 1.54) is 0 Å². The van der Waals surface area contributed by atoms with Crippen LogP contribution in [-0.4, -0.2) is 11.6 Å². The van der Waals surface area contributed by atoms with Gasteiger partial charge in [-0.2, -0.15) is 0 Å². The summed E-state index contributed by atoms with van der Waals surface area (Å²) < 4.78 is 0. The van der Waals surface area contributed by atoms with Crippen molar-refractivity contribution in [3.63, 3.8) is 0 Å². The summed E-state index contributed by atoms with van der Waals surface area (Å²) in [5.41, 5.74) is 4.10. The van der Waals surface area contributed by atoms with Crippen molar-refractivity contribution in [1.29, 1.82) is 0 Å². The van der Waals surface area contributed by atoms with Gasteiger partial charge in [-0.25, -0.2) is 0 Å². The van der Waals surface area contributed by atoms with Crippen LogP contribution in [-0.2, 0) is 4.79 Å². The number of nitrogens with zero attached hydrogens (tertiary/aromatic N) is 1. The van der Waals surface area contributed by atoms with Crippen LogP contribution >= 0.6 is 11.6 Å². The molecular formula is C21H15ClN2O. The molecule has 4 heteroatoms. The van der Waals surface area contributed by atoms with Crippen LogP contribution in [0.25, 0.3) is 0 Å². The monoisotopic (exact) mass is 346 g/mol. The molecule has 0 aromatic heterocycles. The number of halogens is 1. The fourth-order valence-corrected chi connectivity index (χ4v) is 3.14. The first-order valence-corrected chi connectivity index (χ1v) is 8.39. The van der Waals surface area contributed by atoms with Gasteiger partial charge in [0.05, 0.1) is 11.4 Å². The van der Waals surface area contributed by atoms with Crippen molar-refractivity contribution in [2.75, 3.05) is 5.32 Å². The Balaban J connectivity index is 1.94. The Morgan fingerprint density at radius 1 is 0.880 bits per heavy atom. The maximum Gasteiger partial charge on any atom is 0.253 e. The molecular weight excluding hydrogens is 332 g/mol. The van der Waals surface area contributed by atoms with Crippen LogP contribution in [0.1, 0.15) is 22.7 Å². The van der Waals surface area contributed by atoms with Crippen LogP contribution in [0.3, 0.4) is 0 Å². The molecule has 1 heterocycles. The van der Waals surface area contributed by atoms with Crippen molar-refractivity contribution in [2.45, 2.75) is 6.04 Å². The number of aliphatic imine (C=N–C) groups is 1. The molecule has 25 heavy (non-hydrogen) atoms. The Labute approximate surface area is 151 Å². The Hall–Kier alpha value is -2.91. The lowest BCUT2D eigenvalue weighted by Gasteiger charge is -2.11. The largest absolute Gasteiger partial charge is 0.323 e. The normalized spacial score (nSPS) is 16.4. The van der Waals surface area contributed by atoms with Gasteiger partial charge in [0.2, 0.25) is 0 Å². The van der Waals surface area contributed by atoms with Crippen LogP contribution in [0.4, 0.5) is 5.69 Å². The summed E-state index contributed by atoms with van der Waals surface area (Å²) in [6.07, 6.45) is 0. The van der Waals surface area contributed by atoms with Gasteiger partial charge in [-0.05, 0) is 23.8 Å². The third-order valence-corrected chi connectivity index (χ3v) is 4.40. The molecule has 0 radical (unpaired) electrons. The molecule has 1 amide bonds. The van der Waals surface area contributed by atoms with Crippen molar-refractivity contribution < 1.29 is 4.79 Å². The average Bonchev–Trinajstić information content (AvgIpc) is 2.79. The molecule has 0 spiro atoms. The topological polar surface area (TPSA) is 41.5 Å². The van der Waals surface area contributed by atoms with Gasteiger partial charge in [-0.1, -0.05) is 72.3 Å². The summed E-state index contributed by atoms with van der Waals surface area (Å²) in [5.74, 6) is -0.152. The molecule has 3 aromatic carbocycles. The number of rotatable bonds is 2. The fraction of sp³-hybridized carbons (Fsp3) is 0.0476. The van der Waals surface area contributed by atoms with E-state index in [4.69, 9.17) is 16.6 Å². The van der Waals surface area contributed by atoms with Crippen LogP contribution in [0.2, 0.25) is 5.02 Å². The van der Waals surface area contributed by atoms with E-state index in [1.54, 1.807) is 6.07 Å². The highest BCUT2D eigenvalue weighted by Crippen LogP contribution is 2.31. The zero-order valence-electron chi connectivity index (χ0n) is 13.3. The van der Waals surface area contributed by atoms with Crippen LogP contribution < -0.4 is 5.32 Å². The van der Waals surface area contributed by atoms with E-state index >= 15 is 0 Å². The summed E-state index contributed by atoms with van der Waals surface area (Å²) in [7, 11) is 0. The van der Waals surface area contributed by atoms with Crippen molar-refractivity contribution in [3.8, 4) is 0 Å². The summed E-state index contributed by atoms with van der Waals surface area (Å²) in [4.78, 5) is 17.6. The fourth-order valence-electron chi connectivity index (χ4n) is 2.97. The highest BCUT2D eigenvalue weighted by atomic mass is 35.5. The van der Waals surface area contributed by atoms with Crippen molar-refractivity contribution in [1.82, 2.24) is 0 Å². The molecule has 0 saturated carbocycles. The number of hydrogen-bond acceptors (Lipinski definition) is 2. The summed E-state index contributed by atoms with van der Waals surface area (Å²) in [6, 6.07) is 24.3. The molecule has 0 bridgehead atoms. The van der Waals surface area contributed by atoms with Crippen molar-refractivity contribution in [3.05, 3.63) is 101 Å². The smallest absolute Gasteiger partial charge is 0.253 e. The molecule has 0 saturated heterocycles. The van der Waals surface area contributed by atoms with Crippen molar-refractivity contribution >= 4 is 28.9 Å². The minimum atomic E-state index is -0.609. The first-order valence-electron chi connectivity index (χ1n) is 8.01. The second-order valence-electron chi connectivity index (χ2n) is 5.84. The van der Waals surface area contributed by atoms with Gasteiger partial charge in [0, 0.05) is 16.1 Å².